The Morgan fingerprint density at radius 3 is 2.59 bits per heavy atom. The van der Waals surface area contributed by atoms with Crippen molar-refractivity contribution in [3.8, 4) is 0 Å². The van der Waals surface area contributed by atoms with Crippen molar-refractivity contribution in [1.82, 2.24) is 4.90 Å². The van der Waals surface area contributed by atoms with E-state index in [0.29, 0.717) is 6.54 Å². The Bertz CT molecular complexity index is 668. The molecule has 0 unspecified atom stereocenters. The monoisotopic (exact) mass is 317 g/mol. The molecular weight excluding hydrogens is 301 g/mol. The average Bonchev–Trinajstić information content (AvgIpc) is 2.89. The molecule has 0 spiro atoms. The molecule has 2 aromatic carbocycles. The van der Waals surface area contributed by atoms with Crippen LogP contribution in [0.4, 0.5) is 4.39 Å². The van der Waals surface area contributed by atoms with Gasteiger partial charge in [0.15, 0.2) is 0 Å². The van der Waals surface area contributed by atoms with E-state index in [2.05, 4.69) is 12.1 Å². The predicted octanol–water partition coefficient (Wildman–Crippen LogP) is 4.50. The molecule has 0 aliphatic carbocycles. The first-order chi connectivity index (χ1) is 10.6. The Kier molecular flexibility index (Phi) is 4.16. The molecule has 1 aliphatic rings. The van der Waals surface area contributed by atoms with Crippen molar-refractivity contribution in [1.29, 1.82) is 0 Å². The number of benzene rings is 2. The normalized spacial score (nSPS) is 21.1. The predicted molar refractivity (Wildman–Crippen MR) is 85.7 cm³/mol. The minimum atomic E-state index is -0.562. The molecule has 0 saturated carbocycles. The number of carbonyl (C=O) groups is 1. The van der Waals surface area contributed by atoms with E-state index in [-0.39, 0.29) is 28.5 Å². The lowest BCUT2D eigenvalue weighted by molar-refractivity contribution is 0.0737. The summed E-state index contributed by atoms with van der Waals surface area (Å²) >= 11 is 6.02. The minimum absolute atomic E-state index is 0.0190. The number of rotatable bonds is 2. The van der Waals surface area contributed by atoms with E-state index in [1.54, 1.807) is 11.0 Å². The van der Waals surface area contributed by atoms with Crippen molar-refractivity contribution in [2.24, 2.45) is 0 Å². The van der Waals surface area contributed by atoms with E-state index in [4.69, 9.17) is 11.6 Å². The van der Waals surface area contributed by atoms with E-state index in [0.717, 1.165) is 6.42 Å². The summed E-state index contributed by atoms with van der Waals surface area (Å²) in [6.45, 7) is 2.63. The van der Waals surface area contributed by atoms with Crippen molar-refractivity contribution in [3.63, 3.8) is 0 Å². The quantitative estimate of drug-likeness (QED) is 0.798. The fraction of sp³-hybridized carbons (Fsp3) is 0.278. The smallest absolute Gasteiger partial charge is 0.258 e. The van der Waals surface area contributed by atoms with Crippen LogP contribution in [0, 0.1) is 5.82 Å². The standard InChI is InChI=1S/C18H17ClFNO/c1-12-14(13-6-3-2-4-7-13)10-11-21(12)18(22)17-15(19)8-5-9-16(17)20/h2-9,12,14H,10-11H2,1H3/t12-,14+/m0/s1. The molecule has 0 bridgehead atoms. The Labute approximate surface area is 134 Å². The van der Waals surface area contributed by atoms with Crippen molar-refractivity contribution >= 4 is 17.5 Å². The molecule has 22 heavy (non-hydrogen) atoms. The summed E-state index contributed by atoms with van der Waals surface area (Å²) < 4.78 is 14.0. The fourth-order valence-corrected chi connectivity index (χ4v) is 3.46. The molecule has 4 heteroatoms. The molecule has 1 fully saturated rings. The summed E-state index contributed by atoms with van der Waals surface area (Å²) in [7, 11) is 0. The number of nitrogens with zero attached hydrogens (tertiary/aromatic N) is 1. The van der Waals surface area contributed by atoms with Gasteiger partial charge >= 0.3 is 0 Å². The van der Waals surface area contributed by atoms with Crippen molar-refractivity contribution in [2.45, 2.75) is 25.3 Å². The van der Waals surface area contributed by atoms with Gasteiger partial charge in [-0.15, -0.1) is 0 Å². The summed E-state index contributed by atoms with van der Waals surface area (Å²) in [4.78, 5) is 14.4. The van der Waals surface area contributed by atoms with E-state index in [9.17, 15) is 9.18 Å². The third-order valence-electron chi connectivity index (χ3n) is 4.42. The Balaban J connectivity index is 1.86. The van der Waals surface area contributed by atoms with Crippen LogP contribution < -0.4 is 0 Å². The third-order valence-corrected chi connectivity index (χ3v) is 4.74. The van der Waals surface area contributed by atoms with Crippen LogP contribution in [0.2, 0.25) is 5.02 Å². The van der Waals surface area contributed by atoms with E-state index >= 15 is 0 Å². The molecule has 1 saturated heterocycles. The summed E-state index contributed by atoms with van der Waals surface area (Å²) in [6.07, 6.45) is 0.878. The maximum Gasteiger partial charge on any atom is 0.258 e. The van der Waals surface area contributed by atoms with Crippen LogP contribution in [0.5, 0.6) is 0 Å². The van der Waals surface area contributed by atoms with Crippen LogP contribution >= 0.6 is 11.6 Å². The molecule has 3 rings (SSSR count). The summed E-state index contributed by atoms with van der Waals surface area (Å²) in [5, 5.41) is 0.167. The van der Waals surface area contributed by atoms with E-state index < -0.39 is 5.82 Å². The van der Waals surface area contributed by atoms with Gasteiger partial charge in [-0.1, -0.05) is 48.0 Å². The average molecular weight is 318 g/mol. The van der Waals surface area contributed by atoms with Gasteiger partial charge in [0.1, 0.15) is 5.82 Å². The third kappa shape index (κ3) is 2.61. The van der Waals surface area contributed by atoms with Crippen LogP contribution in [-0.2, 0) is 0 Å². The first-order valence-corrected chi connectivity index (χ1v) is 7.77. The van der Waals surface area contributed by atoms with E-state index in [1.807, 2.05) is 25.1 Å². The number of halogens is 2. The maximum absolute atomic E-state index is 14.0. The molecule has 0 radical (unpaired) electrons. The Morgan fingerprint density at radius 2 is 1.91 bits per heavy atom. The van der Waals surface area contributed by atoms with Crippen LogP contribution in [0.15, 0.2) is 48.5 Å². The number of hydrogen-bond donors (Lipinski definition) is 0. The fourth-order valence-electron chi connectivity index (χ4n) is 3.22. The zero-order valence-electron chi connectivity index (χ0n) is 12.3. The molecule has 0 N–H and O–H groups in total. The number of likely N-dealkylation sites (tertiary alicyclic amines) is 1. The molecule has 1 aliphatic heterocycles. The summed E-state index contributed by atoms with van der Waals surface area (Å²) in [6, 6.07) is 14.5. The number of amides is 1. The van der Waals surface area contributed by atoms with Crippen LogP contribution in [0.1, 0.15) is 35.2 Å². The first-order valence-electron chi connectivity index (χ1n) is 7.39. The van der Waals surface area contributed by atoms with Gasteiger partial charge in [-0.2, -0.15) is 0 Å². The molecule has 0 aromatic heterocycles. The van der Waals surface area contributed by atoms with Gasteiger partial charge in [0, 0.05) is 18.5 Å². The summed E-state index contributed by atoms with van der Waals surface area (Å²) in [5.41, 5.74) is 1.19. The first kappa shape index (κ1) is 15.0. The lowest BCUT2D eigenvalue weighted by Crippen LogP contribution is -2.36. The maximum atomic E-state index is 14.0. The highest BCUT2D eigenvalue weighted by atomic mass is 35.5. The molecule has 1 heterocycles. The zero-order chi connectivity index (χ0) is 15.7. The number of carbonyl (C=O) groups excluding carboxylic acids is 1. The second kappa shape index (κ2) is 6.09. The zero-order valence-corrected chi connectivity index (χ0v) is 13.1. The van der Waals surface area contributed by atoms with Crippen LogP contribution in [0.25, 0.3) is 0 Å². The van der Waals surface area contributed by atoms with Gasteiger partial charge in [0.05, 0.1) is 10.6 Å². The van der Waals surface area contributed by atoms with Crippen molar-refractivity contribution in [2.75, 3.05) is 6.54 Å². The second-order valence-corrected chi connectivity index (χ2v) is 6.05. The highest BCUT2D eigenvalue weighted by Crippen LogP contribution is 2.35. The van der Waals surface area contributed by atoms with E-state index in [1.165, 1.54) is 17.7 Å². The molecule has 1 amide bonds. The number of hydrogen-bond acceptors (Lipinski definition) is 1. The van der Waals surface area contributed by atoms with Gasteiger partial charge in [-0.3, -0.25) is 4.79 Å². The van der Waals surface area contributed by atoms with Gasteiger partial charge in [-0.05, 0) is 31.0 Å². The van der Waals surface area contributed by atoms with Gasteiger partial charge in [0.25, 0.3) is 5.91 Å². The van der Waals surface area contributed by atoms with Gasteiger partial charge in [-0.25, -0.2) is 4.39 Å². The van der Waals surface area contributed by atoms with Gasteiger partial charge in [0.2, 0.25) is 0 Å². The van der Waals surface area contributed by atoms with Crippen LogP contribution in [0.3, 0.4) is 0 Å². The molecule has 2 atom stereocenters. The minimum Gasteiger partial charge on any atom is -0.335 e. The van der Waals surface area contributed by atoms with Crippen LogP contribution in [-0.4, -0.2) is 23.4 Å². The Hall–Kier alpha value is -1.87. The molecular formula is C18H17ClFNO. The largest absolute Gasteiger partial charge is 0.335 e. The highest BCUT2D eigenvalue weighted by Gasteiger charge is 2.36. The molecule has 2 aromatic rings. The topological polar surface area (TPSA) is 20.3 Å². The lowest BCUT2D eigenvalue weighted by atomic mass is 9.93. The lowest BCUT2D eigenvalue weighted by Gasteiger charge is -2.25. The second-order valence-electron chi connectivity index (χ2n) is 5.64. The SMILES string of the molecule is C[C@H]1[C@H](c2ccccc2)CCN1C(=O)c1c(F)cccc1Cl. The van der Waals surface area contributed by atoms with Crippen molar-refractivity contribution in [3.05, 3.63) is 70.5 Å². The molecule has 114 valence electrons. The Morgan fingerprint density at radius 1 is 1.18 bits per heavy atom. The highest BCUT2D eigenvalue weighted by molar-refractivity contribution is 6.33. The molecule has 2 nitrogen and oxygen atoms in total. The summed E-state index contributed by atoms with van der Waals surface area (Å²) in [5.74, 6) is -0.613. The van der Waals surface area contributed by atoms with Crippen molar-refractivity contribution < 1.29 is 9.18 Å². The van der Waals surface area contributed by atoms with Gasteiger partial charge < -0.3 is 4.90 Å².